The number of alkyl halides is 2. The lowest BCUT2D eigenvalue weighted by atomic mass is 10.2. The van der Waals surface area contributed by atoms with Crippen LogP contribution in [0.25, 0.3) is 0 Å². The number of rotatable bonds is 8. The molecule has 0 aliphatic rings. The van der Waals surface area contributed by atoms with E-state index >= 15 is 0 Å². The molecule has 0 radical (unpaired) electrons. The molecule has 0 saturated carbocycles. The second kappa shape index (κ2) is 8.18. The van der Waals surface area contributed by atoms with Gasteiger partial charge in [-0.15, -0.1) is 0 Å². The summed E-state index contributed by atoms with van der Waals surface area (Å²) in [6.45, 7) is 1.26. The predicted octanol–water partition coefficient (Wildman–Crippen LogP) is 2.77. The number of hydrogen-bond donors (Lipinski definition) is 1. The molecule has 8 nitrogen and oxygen atoms in total. The van der Waals surface area contributed by atoms with Crippen LogP contribution in [0.15, 0.2) is 30.5 Å². The monoisotopic (exact) mass is 354 g/mol. The maximum absolute atomic E-state index is 12.2. The van der Waals surface area contributed by atoms with Crippen molar-refractivity contribution < 1.29 is 23.2 Å². The van der Waals surface area contributed by atoms with Gasteiger partial charge in [0.1, 0.15) is 12.4 Å². The predicted molar refractivity (Wildman–Crippen MR) is 84.8 cm³/mol. The third-order valence-electron chi connectivity index (χ3n) is 3.10. The number of carbonyl (C=O) groups is 1. The number of aryl methyl sites for hydroxylation is 2. The van der Waals surface area contributed by atoms with E-state index in [1.807, 2.05) is 6.92 Å². The van der Waals surface area contributed by atoms with E-state index in [4.69, 9.17) is 4.74 Å². The second-order valence-electron chi connectivity index (χ2n) is 5.19. The molecule has 134 valence electrons. The maximum Gasteiger partial charge on any atom is 0.275 e. The molecule has 1 heterocycles. The Balaban J connectivity index is 2.03. The number of hydrogen-bond acceptors (Lipinski definition) is 5. The summed E-state index contributed by atoms with van der Waals surface area (Å²) in [5.41, 5.74) is 0.546. The van der Waals surface area contributed by atoms with Gasteiger partial charge >= 0.3 is 0 Å². The average Bonchev–Trinajstić information content (AvgIpc) is 2.96. The number of benzene rings is 1. The van der Waals surface area contributed by atoms with Crippen LogP contribution in [-0.2, 0) is 11.3 Å². The quantitative estimate of drug-likeness (QED) is 0.580. The number of nitrogens with zero attached hydrogens (tertiary/aromatic N) is 3. The minimum absolute atomic E-state index is 0.0943. The van der Waals surface area contributed by atoms with Gasteiger partial charge in [0.2, 0.25) is 5.91 Å². The zero-order chi connectivity index (χ0) is 18.4. The van der Waals surface area contributed by atoms with Crippen LogP contribution in [0.3, 0.4) is 0 Å². The van der Waals surface area contributed by atoms with Gasteiger partial charge in [0.15, 0.2) is 0 Å². The summed E-state index contributed by atoms with van der Waals surface area (Å²) in [6.07, 6.45) is -0.890. The molecular formula is C15H16F2N4O4. The normalized spacial score (nSPS) is 10.7. The molecule has 0 fully saturated rings. The van der Waals surface area contributed by atoms with E-state index in [1.54, 1.807) is 16.9 Å². The zero-order valence-electron chi connectivity index (χ0n) is 13.3. The Bertz CT molecular complexity index is 764. The molecule has 1 N–H and O–H groups in total. The first kappa shape index (κ1) is 18.3. The van der Waals surface area contributed by atoms with Crippen molar-refractivity contribution in [3.8, 4) is 5.75 Å². The molecule has 0 aliphatic carbocycles. The number of nitro groups is 1. The van der Waals surface area contributed by atoms with Gasteiger partial charge in [-0.3, -0.25) is 19.6 Å². The summed E-state index contributed by atoms with van der Waals surface area (Å²) < 4.78 is 30.8. The van der Waals surface area contributed by atoms with Gasteiger partial charge in [0.05, 0.1) is 22.4 Å². The SMILES string of the molecule is Cc1ccn(CCC(=O)Nc2cc(OCC(F)F)cc([N+](=O)[O-])c2)n1. The van der Waals surface area contributed by atoms with Gasteiger partial charge < -0.3 is 10.1 Å². The highest BCUT2D eigenvalue weighted by atomic mass is 19.3. The van der Waals surface area contributed by atoms with Gasteiger partial charge in [-0.25, -0.2) is 8.78 Å². The summed E-state index contributed by atoms with van der Waals surface area (Å²) in [5, 5.41) is 17.5. The molecule has 1 aromatic heterocycles. The van der Waals surface area contributed by atoms with E-state index in [1.165, 1.54) is 6.07 Å². The molecule has 0 unspecified atom stereocenters. The summed E-state index contributed by atoms with van der Waals surface area (Å²) in [4.78, 5) is 22.2. The standard InChI is InChI=1S/C15H16F2N4O4/c1-10-2-4-20(19-10)5-3-15(22)18-11-6-12(21(23)24)8-13(7-11)25-9-14(16)17/h2,4,6-8,14H,3,5,9H2,1H3,(H,18,22). The molecular weight excluding hydrogens is 338 g/mol. The van der Waals surface area contributed by atoms with Crippen molar-refractivity contribution >= 4 is 17.3 Å². The Morgan fingerprint density at radius 1 is 1.44 bits per heavy atom. The molecule has 0 atom stereocenters. The largest absolute Gasteiger partial charge is 0.487 e. The first-order valence-electron chi connectivity index (χ1n) is 7.34. The van der Waals surface area contributed by atoms with Gasteiger partial charge in [-0.2, -0.15) is 5.10 Å². The Hall–Kier alpha value is -3.04. The molecule has 2 rings (SSSR count). The number of anilines is 1. The molecule has 2 aromatic rings. The molecule has 1 aromatic carbocycles. The summed E-state index contributed by atoms with van der Waals surface area (Å²) in [6, 6.07) is 5.20. The molecule has 25 heavy (non-hydrogen) atoms. The highest BCUT2D eigenvalue weighted by Crippen LogP contribution is 2.26. The van der Waals surface area contributed by atoms with Crippen LogP contribution in [0.2, 0.25) is 0 Å². The molecule has 0 aliphatic heterocycles. The Morgan fingerprint density at radius 3 is 2.80 bits per heavy atom. The fraction of sp³-hybridized carbons (Fsp3) is 0.333. The highest BCUT2D eigenvalue weighted by molar-refractivity contribution is 5.91. The number of nitrogens with one attached hydrogen (secondary N) is 1. The average molecular weight is 354 g/mol. The van der Waals surface area contributed by atoms with Crippen LogP contribution in [0.4, 0.5) is 20.2 Å². The van der Waals surface area contributed by atoms with Crippen molar-refractivity contribution in [1.29, 1.82) is 0 Å². The molecule has 10 heteroatoms. The minimum Gasteiger partial charge on any atom is -0.487 e. The molecule has 0 spiro atoms. The summed E-state index contributed by atoms with van der Waals surface area (Å²) in [5.74, 6) is -0.513. The lowest BCUT2D eigenvalue weighted by Gasteiger charge is -2.09. The van der Waals surface area contributed by atoms with Crippen LogP contribution < -0.4 is 10.1 Å². The number of non-ortho nitro benzene ring substituents is 1. The lowest BCUT2D eigenvalue weighted by Crippen LogP contribution is -2.15. The van der Waals surface area contributed by atoms with Crippen LogP contribution in [-0.4, -0.2) is 33.6 Å². The van der Waals surface area contributed by atoms with Crippen LogP contribution in [0, 0.1) is 17.0 Å². The molecule has 0 saturated heterocycles. The van der Waals surface area contributed by atoms with E-state index < -0.39 is 23.9 Å². The van der Waals surface area contributed by atoms with Crippen molar-refractivity contribution in [3.05, 3.63) is 46.3 Å². The minimum atomic E-state index is -2.71. The summed E-state index contributed by atoms with van der Waals surface area (Å²) in [7, 11) is 0. The summed E-state index contributed by atoms with van der Waals surface area (Å²) >= 11 is 0. The van der Waals surface area contributed by atoms with E-state index in [0.717, 1.165) is 17.8 Å². The first-order valence-corrected chi connectivity index (χ1v) is 7.34. The number of aromatic nitrogens is 2. The number of carbonyl (C=O) groups excluding carboxylic acids is 1. The van der Waals surface area contributed by atoms with Crippen molar-refractivity contribution in [2.24, 2.45) is 0 Å². The smallest absolute Gasteiger partial charge is 0.275 e. The number of nitro benzene ring substituents is 1. The van der Waals surface area contributed by atoms with Crippen LogP contribution in [0.5, 0.6) is 5.75 Å². The van der Waals surface area contributed by atoms with Crippen molar-refractivity contribution in [1.82, 2.24) is 9.78 Å². The Labute approximate surface area is 141 Å². The Kier molecular flexibility index (Phi) is 5.98. The van der Waals surface area contributed by atoms with Crippen LogP contribution in [0.1, 0.15) is 12.1 Å². The lowest BCUT2D eigenvalue weighted by molar-refractivity contribution is -0.384. The maximum atomic E-state index is 12.2. The number of amides is 1. The zero-order valence-corrected chi connectivity index (χ0v) is 13.3. The van der Waals surface area contributed by atoms with Gasteiger partial charge in [-0.05, 0) is 13.0 Å². The van der Waals surface area contributed by atoms with Gasteiger partial charge in [-0.1, -0.05) is 0 Å². The fourth-order valence-electron chi connectivity index (χ4n) is 2.03. The number of halogens is 2. The van der Waals surface area contributed by atoms with E-state index in [-0.39, 0.29) is 23.5 Å². The first-order chi connectivity index (χ1) is 11.8. The Morgan fingerprint density at radius 2 is 2.20 bits per heavy atom. The molecule has 0 bridgehead atoms. The fourth-order valence-corrected chi connectivity index (χ4v) is 2.03. The van der Waals surface area contributed by atoms with E-state index in [0.29, 0.717) is 6.54 Å². The third-order valence-corrected chi connectivity index (χ3v) is 3.10. The van der Waals surface area contributed by atoms with Crippen molar-refractivity contribution in [2.75, 3.05) is 11.9 Å². The van der Waals surface area contributed by atoms with E-state index in [2.05, 4.69) is 10.4 Å². The van der Waals surface area contributed by atoms with Crippen molar-refractivity contribution in [3.63, 3.8) is 0 Å². The topological polar surface area (TPSA) is 99.3 Å². The van der Waals surface area contributed by atoms with Gasteiger partial charge in [0, 0.05) is 31.3 Å². The van der Waals surface area contributed by atoms with Crippen LogP contribution >= 0.6 is 0 Å². The van der Waals surface area contributed by atoms with Crippen molar-refractivity contribution in [2.45, 2.75) is 26.3 Å². The van der Waals surface area contributed by atoms with Gasteiger partial charge in [0.25, 0.3) is 12.1 Å². The molecule has 1 amide bonds. The third kappa shape index (κ3) is 5.83. The number of ether oxygens (including phenoxy) is 1. The van der Waals surface area contributed by atoms with E-state index in [9.17, 15) is 23.7 Å². The highest BCUT2D eigenvalue weighted by Gasteiger charge is 2.14. The second-order valence-corrected chi connectivity index (χ2v) is 5.19.